The van der Waals surface area contributed by atoms with Gasteiger partial charge in [-0.1, -0.05) is 29.3 Å². The molecule has 1 amide bonds. The lowest BCUT2D eigenvalue weighted by molar-refractivity contribution is -0.119. The molecule has 1 saturated heterocycles. The Bertz CT molecular complexity index is 1090. The van der Waals surface area contributed by atoms with Crippen LogP contribution in [0.5, 0.6) is 0 Å². The number of carbonyl (C=O) groups is 2. The van der Waals surface area contributed by atoms with E-state index in [2.05, 4.69) is 5.32 Å². The van der Waals surface area contributed by atoms with Gasteiger partial charge in [0.15, 0.2) is 6.61 Å². The Morgan fingerprint density at radius 3 is 2.42 bits per heavy atom. The lowest BCUT2D eigenvalue weighted by Crippen LogP contribution is -2.40. The van der Waals surface area contributed by atoms with Gasteiger partial charge in [0.05, 0.1) is 39.4 Å². The number of halogens is 3. The molecule has 0 unspecified atom stereocenters. The van der Waals surface area contributed by atoms with Crippen molar-refractivity contribution in [3.05, 3.63) is 57.8 Å². The summed E-state index contributed by atoms with van der Waals surface area (Å²) >= 11 is 11.9. The predicted octanol–water partition coefficient (Wildman–Crippen LogP) is 2.95. The predicted molar refractivity (Wildman–Crippen MR) is 111 cm³/mol. The standard InChI is InChI=1S/C19H17Cl2FN2O6S/c20-14-2-1-3-15(21)18(14)23-17(25)11-30-19(26)13-10-12(4-5-16(13)22)31(27,28)24-6-8-29-9-7-24/h1-5,10H,6-9,11H2,(H,23,25). The second kappa shape index (κ2) is 9.92. The first kappa shape index (κ1) is 23.4. The smallest absolute Gasteiger partial charge is 0.341 e. The zero-order chi connectivity index (χ0) is 22.6. The molecule has 0 atom stereocenters. The fourth-order valence-corrected chi connectivity index (χ4v) is 4.69. The van der Waals surface area contributed by atoms with Gasteiger partial charge in [-0.2, -0.15) is 4.31 Å². The number of sulfonamides is 1. The van der Waals surface area contributed by atoms with E-state index in [-0.39, 0.29) is 46.9 Å². The lowest BCUT2D eigenvalue weighted by atomic mass is 10.2. The van der Waals surface area contributed by atoms with E-state index in [4.69, 9.17) is 32.7 Å². The van der Waals surface area contributed by atoms with Gasteiger partial charge < -0.3 is 14.8 Å². The van der Waals surface area contributed by atoms with Crippen LogP contribution in [-0.4, -0.2) is 57.5 Å². The molecule has 1 heterocycles. The van der Waals surface area contributed by atoms with Crippen LogP contribution in [0, 0.1) is 5.82 Å². The van der Waals surface area contributed by atoms with Gasteiger partial charge in [0.25, 0.3) is 5.91 Å². The van der Waals surface area contributed by atoms with E-state index in [0.29, 0.717) is 0 Å². The average Bonchev–Trinajstić information content (AvgIpc) is 2.75. The SMILES string of the molecule is O=C(COC(=O)c1cc(S(=O)(=O)N2CCOCC2)ccc1F)Nc1c(Cl)cccc1Cl. The van der Waals surface area contributed by atoms with Gasteiger partial charge in [-0.15, -0.1) is 0 Å². The zero-order valence-corrected chi connectivity index (χ0v) is 18.3. The van der Waals surface area contributed by atoms with Crippen LogP contribution in [0.25, 0.3) is 0 Å². The topological polar surface area (TPSA) is 102 Å². The number of rotatable bonds is 6. The van der Waals surface area contributed by atoms with E-state index in [1.54, 1.807) is 6.07 Å². The largest absolute Gasteiger partial charge is 0.452 e. The van der Waals surface area contributed by atoms with Crippen LogP contribution in [0.3, 0.4) is 0 Å². The fourth-order valence-electron chi connectivity index (χ4n) is 2.76. The van der Waals surface area contributed by atoms with Crippen molar-refractivity contribution >= 4 is 50.8 Å². The number of para-hydroxylation sites is 1. The molecular weight excluding hydrogens is 474 g/mol. The van der Waals surface area contributed by atoms with Gasteiger partial charge in [0.2, 0.25) is 10.0 Å². The highest BCUT2D eigenvalue weighted by Crippen LogP contribution is 2.29. The summed E-state index contributed by atoms with van der Waals surface area (Å²) in [6, 6.07) is 7.39. The Kier molecular flexibility index (Phi) is 7.50. The Balaban J connectivity index is 1.70. The molecule has 3 rings (SSSR count). The maximum Gasteiger partial charge on any atom is 0.341 e. The number of anilines is 1. The molecular formula is C19H17Cl2FN2O6S. The van der Waals surface area contributed by atoms with E-state index in [9.17, 15) is 22.4 Å². The molecule has 0 spiro atoms. The highest BCUT2D eigenvalue weighted by molar-refractivity contribution is 7.89. The minimum absolute atomic E-state index is 0.136. The van der Waals surface area contributed by atoms with Crippen molar-refractivity contribution in [3.8, 4) is 0 Å². The normalized spacial score (nSPS) is 14.8. The number of morpholine rings is 1. The highest BCUT2D eigenvalue weighted by atomic mass is 35.5. The van der Waals surface area contributed by atoms with Crippen LogP contribution < -0.4 is 5.32 Å². The molecule has 12 heteroatoms. The summed E-state index contributed by atoms with van der Waals surface area (Å²) < 4.78 is 50.7. The summed E-state index contributed by atoms with van der Waals surface area (Å²) in [6.07, 6.45) is 0. The summed E-state index contributed by atoms with van der Waals surface area (Å²) in [6.45, 7) is -0.00539. The van der Waals surface area contributed by atoms with Crippen LogP contribution in [0.4, 0.5) is 10.1 Å². The number of carbonyl (C=O) groups excluding carboxylic acids is 2. The first-order valence-electron chi connectivity index (χ1n) is 8.98. The molecule has 0 saturated carbocycles. The number of hydrogen-bond donors (Lipinski definition) is 1. The Hall–Kier alpha value is -2.24. The average molecular weight is 491 g/mol. The molecule has 2 aromatic carbocycles. The zero-order valence-electron chi connectivity index (χ0n) is 15.9. The summed E-state index contributed by atoms with van der Waals surface area (Å²) in [7, 11) is -3.95. The molecule has 31 heavy (non-hydrogen) atoms. The number of amides is 1. The molecule has 2 aromatic rings. The Morgan fingerprint density at radius 2 is 1.77 bits per heavy atom. The molecule has 8 nitrogen and oxygen atoms in total. The quantitative estimate of drug-likeness (QED) is 0.624. The van der Waals surface area contributed by atoms with Gasteiger partial charge >= 0.3 is 5.97 Å². The number of nitrogens with zero attached hydrogens (tertiary/aromatic N) is 1. The monoisotopic (exact) mass is 490 g/mol. The fraction of sp³-hybridized carbons (Fsp3) is 0.263. The first-order chi connectivity index (χ1) is 14.7. The molecule has 166 valence electrons. The Labute approximate surface area is 187 Å². The number of hydrogen-bond acceptors (Lipinski definition) is 6. The van der Waals surface area contributed by atoms with Gasteiger partial charge in [-0.25, -0.2) is 17.6 Å². The van der Waals surface area contributed by atoms with Crippen LogP contribution in [-0.2, 0) is 24.3 Å². The van der Waals surface area contributed by atoms with E-state index >= 15 is 0 Å². The molecule has 0 bridgehead atoms. The van der Waals surface area contributed by atoms with E-state index < -0.39 is 39.9 Å². The second-order valence-corrected chi connectivity index (χ2v) is 9.13. The Morgan fingerprint density at radius 1 is 1.13 bits per heavy atom. The third kappa shape index (κ3) is 5.52. The summed E-state index contributed by atoms with van der Waals surface area (Å²) in [5.74, 6) is -2.95. The minimum atomic E-state index is -3.95. The minimum Gasteiger partial charge on any atom is -0.452 e. The van der Waals surface area contributed by atoms with Gasteiger partial charge in [-0.05, 0) is 30.3 Å². The van der Waals surface area contributed by atoms with E-state index in [0.717, 1.165) is 18.2 Å². The second-order valence-electron chi connectivity index (χ2n) is 6.38. The number of esters is 1. The molecule has 0 aromatic heterocycles. The maximum atomic E-state index is 14.2. The van der Waals surface area contributed by atoms with Gasteiger partial charge in [0, 0.05) is 13.1 Å². The number of ether oxygens (including phenoxy) is 2. The van der Waals surface area contributed by atoms with Crippen molar-refractivity contribution in [1.29, 1.82) is 0 Å². The van der Waals surface area contributed by atoms with Crippen molar-refractivity contribution in [3.63, 3.8) is 0 Å². The van der Waals surface area contributed by atoms with Gasteiger partial charge in [-0.3, -0.25) is 4.79 Å². The summed E-state index contributed by atoms with van der Waals surface area (Å²) in [5.41, 5.74) is -0.477. The molecule has 1 aliphatic rings. The number of nitrogens with one attached hydrogen (secondary N) is 1. The lowest BCUT2D eigenvalue weighted by Gasteiger charge is -2.26. The summed E-state index contributed by atoms with van der Waals surface area (Å²) in [4.78, 5) is 24.1. The first-order valence-corrected chi connectivity index (χ1v) is 11.2. The molecule has 0 aliphatic carbocycles. The van der Waals surface area contributed by atoms with E-state index in [1.807, 2.05) is 0 Å². The van der Waals surface area contributed by atoms with Crippen molar-refractivity contribution in [1.82, 2.24) is 4.31 Å². The maximum absolute atomic E-state index is 14.2. The van der Waals surface area contributed by atoms with Crippen LogP contribution in [0.2, 0.25) is 10.0 Å². The van der Waals surface area contributed by atoms with Crippen LogP contribution in [0.1, 0.15) is 10.4 Å². The highest BCUT2D eigenvalue weighted by Gasteiger charge is 2.28. The van der Waals surface area contributed by atoms with Crippen LogP contribution >= 0.6 is 23.2 Å². The summed E-state index contributed by atoms with van der Waals surface area (Å²) in [5, 5.41) is 2.75. The number of benzene rings is 2. The third-order valence-electron chi connectivity index (χ3n) is 4.33. The van der Waals surface area contributed by atoms with Crippen LogP contribution in [0.15, 0.2) is 41.3 Å². The van der Waals surface area contributed by atoms with Crippen molar-refractivity contribution in [2.24, 2.45) is 0 Å². The van der Waals surface area contributed by atoms with E-state index in [1.165, 1.54) is 16.4 Å². The van der Waals surface area contributed by atoms with Crippen molar-refractivity contribution in [2.45, 2.75) is 4.90 Å². The van der Waals surface area contributed by atoms with Gasteiger partial charge in [0.1, 0.15) is 5.82 Å². The molecule has 0 radical (unpaired) electrons. The molecule has 1 aliphatic heterocycles. The van der Waals surface area contributed by atoms with Crippen molar-refractivity contribution in [2.75, 3.05) is 38.2 Å². The molecule has 1 fully saturated rings. The third-order valence-corrected chi connectivity index (χ3v) is 6.85. The van der Waals surface area contributed by atoms with Crippen molar-refractivity contribution < 1.29 is 31.9 Å². The molecule has 1 N–H and O–H groups in total.